The molecule has 4 N–H and O–H groups in total. The van der Waals surface area contributed by atoms with Crippen molar-refractivity contribution in [1.29, 1.82) is 0 Å². The minimum absolute atomic E-state index is 0.0599. The summed E-state index contributed by atoms with van der Waals surface area (Å²) in [5, 5.41) is 12.1. The van der Waals surface area contributed by atoms with Gasteiger partial charge in [0, 0.05) is 11.9 Å². The van der Waals surface area contributed by atoms with E-state index in [4.69, 9.17) is 15.5 Å². The first-order valence-corrected chi connectivity index (χ1v) is 10.1. The van der Waals surface area contributed by atoms with Crippen LogP contribution in [0.5, 0.6) is 0 Å². The molecule has 4 aromatic rings. The van der Waals surface area contributed by atoms with Gasteiger partial charge in [0.25, 0.3) is 0 Å². The molecule has 4 rings (SSSR count). The fourth-order valence-corrected chi connectivity index (χ4v) is 3.22. The first-order valence-electron chi connectivity index (χ1n) is 10.1. The zero-order chi connectivity index (χ0) is 22.9. The van der Waals surface area contributed by atoms with Crippen LogP contribution in [0, 0.1) is 0 Å². The van der Waals surface area contributed by atoms with Gasteiger partial charge in [-0.15, -0.1) is 0 Å². The van der Waals surface area contributed by atoms with E-state index >= 15 is 0 Å². The van der Waals surface area contributed by atoms with E-state index in [1.54, 1.807) is 45.2 Å². The molecular weight excluding hydrogens is 408 g/mol. The number of nitrogens with zero attached hydrogens (tertiary/aromatic N) is 4. The van der Waals surface area contributed by atoms with Crippen molar-refractivity contribution in [2.45, 2.75) is 33.0 Å². The number of aromatic nitrogens is 4. The normalized spacial score (nSPS) is 11.5. The van der Waals surface area contributed by atoms with Gasteiger partial charge in [-0.25, -0.2) is 19.7 Å². The van der Waals surface area contributed by atoms with Crippen molar-refractivity contribution in [2.75, 3.05) is 11.1 Å². The lowest BCUT2D eigenvalue weighted by Crippen LogP contribution is -2.27. The highest BCUT2D eigenvalue weighted by Crippen LogP contribution is 2.31. The highest BCUT2D eigenvalue weighted by Gasteiger charge is 2.20. The van der Waals surface area contributed by atoms with Gasteiger partial charge in [0.1, 0.15) is 22.8 Å². The lowest BCUT2D eigenvalue weighted by Gasteiger charge is -2.19. The lowest BCUT2D eigenvalue weighted by molar-refractivity contribution is 0.0635. The van der Waals surface area contributed by atoms with Gasteiger partial charge in [0.2, 0.25) is 0 Å². The van der Waals surface area contributed by atoms with E-state index in [1.807, 2.05) is 34.9 Å². The number of ether oxygens (including phenoxy) is 1. The number of rotatable bonds is 4. The van der Waals surface area contributed by atoms with E-state index in [1.165, 1.54) is 0 Å². The number of carbonyl (C=O) groups is 1. The molecule has 0 aliphatic heterocycles. The first-order chi connectivity index (χ1) is 15.2. The number of aliphatic hydroxyl groups is 1. The zero-order valence-corrected chi connectivity index (χ0v) is 18.0. The number of amides is 1. The van der Waals surface area contributed by atoms with Crippen molar-refractivity contribution in [3.05, 3.63) is 60.3 Å². The van der Waals surface area contributed by atoms with Crippen LogP contribution >= 0.6 is 0 Å². The Morgan fingerprint density at radius 1 is 1.12 bits per heavy atom. The van der Waals surface area contributed by atoms with Gasteiger partial charge >= 0.3 is 6.09 Å². The van der Waals surface area contributed by atoms with Gasteiger partial charge < -0.3 is 15.6 Å². The summed E-state index contributed by atoms with van der Waals surface area (Å²) < 4.78 is 7.16. The molecule has 9 nitrogen and oxygen atoms in total. The number of anilines is 2. The third-order valence-corrected chi connectivity index (χ3v) is 4.59. The van der Waals surface area contributed by atoms with Gasteiger partial charge in [-0.1, -0.05) is 12.1 Å². The van der Waals surface area contributed by atoms with E-state index in [2.05, 4.69) is 15.3 Å². The van der Waals surface area contributed by atoms with Crippen LogP contribution in [0.1, 0.15) is 26.3 Å². The quantitative estimate of drug-likeness (QED) is 0.446. The van der Waals surface area contributed by atoms with E-state index < -0.39 is 11.7 Å². The minimum atomic E-state index is -0.630. The van der Waals surface area contributed by atoms with Crippen molar-refractivity contribution in [3.63, 3.8) is 0 Å². The Morgan fingerprint density at radius 2 is 1.88 bits per heavy atom. The number of carbonyl (C=O) groups excluding carboxylic acids is 1. The number of benzene rings is 1. The molecule has 3 heterocycles. The summed E-state index contributed by atoms with van der Waals surface area (Å²) >= 11 is 0. The number of hydrogen-bond acceptors (Lipinski definition) is 7. The highest BCUT2D eigenvalue weighted by molar-refractivity contribution is 5.88. The molecule has 0 fully saturated rings. The number of imidazole rings is 1. The maximum absolute atomic E-state index is 12.2. The number of nitrogen functional groups attached to an aromatic ring is 1. The molecule has 0 spiro atoms. The molecule has 0 atom stereocenters. The Labute approximate surface area is 184 Å². The summed E-state index contributed by atoms with van der Waals surface area (Å²) in [5.41, 5.74) is 8.84. The van der Waals surface area contributed by atoms with Crippen molar-refractivity contribution in [2.24, 2.45) is 0 Å². The Morgan fingerprint density at radius 3 is 2.53 bits per heavy atom. The Kier molecular flexibility index (Phi) is 5.50. The predicted molar refractivity (Wildman–Crippen MR) is 122 cm³/mol. The first kappa shape index (κ1) is 21.3. The monoisotopic (exact) mass is 432 g/mol. The van der Waals surface area contributed by atoms with Crippen LogP contribution in [0.3, 0.4) is 0 Å². The largest absolute Gasteiger partial charge is 0.444 e. The number of pyridine rings is 2. The number of aliphatic hydroxyl groups excluding tert-OH is 1. The molecule has 0 saturated heterocycles. The standard InChI is InChI=1S/C23H24N6O3/c1-23(2,3)32-22(31)28-18-11-10-17-21(27-18)29(15-8-6-14(13-30)7-9-15)20(26-17)16-5-4-12-25-19(16)24/h4-12,30H,13H2,1-3H3,(H2,24,25)(H,27,28,31). The van der Waals surface area contributed by atoms with Gasteiger partial charge in [-0.3, -0.25) is 9.88 Å². The van der Waals surface area contributed by atoms with Gasteiger partial charge in [0.15, 0.2) is 11.5 Å². The summed E-state index contributed by atoms with van der Waals surface area (Å²) in [7, 11) is 0. The van der Waals surface area contributed by atoms with Crippen LogP contribution < -0.4 is 11.1 Å². The molecule has 164 valence electrons. The fourth-order valence-electron chi connectivity index (χ4n) is 3.22. The topological polar surface area (TPSA) is 128 Å². The molecule has 0 radical (unpaired) electrons. The molecule has 3 aromatic heterocycles. The van der Waals surface area contributed by atoms with Crippen molar-refractivity contribution < 1.29 is 14.6 Å². The summed E-state index contributed by atoms with van der Waals surface area (Å²) in [5.74, 6) is 1.22. The van der Waals surface area contributed by atoms with Gasteiger partial charge in [-0.2, -0.15) is 0 Å². The second-order valence-electron chi connectivity index (χ2n) is 8.20. The predicted octanol–water partition coefficient (Wildman–Crippen LogP) is 3.90. The van der Waals surface area contributed by atoms with Gasteiger partial charge in [-0.05, 0) is 62.7 Å². The minimum Gasteiger partial charge on any atom is -0.444 e. The molecule has 0 aliphatic rings. The van der Waals surface area contributed by atoms with Crippen LogP contribution in [-0.4, -0.2) is 36.3 Å². The van der Waals surface area contributed by atoms with Gasteiger partial charge in [0.05, 0.1) is 12.2 Å². The van der Waals surface area contributed by atoms with E-state index in [9.17, 15) is 9.90 Å². The van der Waals surface area contributed by atoms with Crippen LogP contribution in [0.2, 0.25) is 0 Å². The summed E-state index contributed by atoms with van der Waals surface area (Å²) in [6.07, 6.45) is 1.02. The summed E-state index contributed by atoms with van der Waals surface area (Å²) in [6, 6.07) is 14.4. The molecule has 1 amide bonds. The fraction of sp³-hybridized carbons (Fsp3) is 0.217. The number of fused-ring (bicyclic) bond motifs is 1. The molecule has 0 saturated carbocycles. The molecular formula is C23H24N6O3. The van der Waals surface area contributed by atoms with Crippen LogP contribution in [0.25, 0.3) is 28.2 Å². The lowest BCUT2D eigenvalue weighted by atomic mass is 10.2. The Bertz CT molecular complexity index is 1280. The van der Waals surface area contributed by atoms with Crippen molar-refractivity contribution in [3.8, 4) is 17.1 Å². The van der Waals surface area contributed by atoms with Crippen LogP contribution in [0.4, 0.5) is 16.4 Å². The molecule has 0 unspecified atom stereocenters. The van der Waals surface area contributed by atoms with Crippen molar-refractivity contribution in [1.82, 2.24) is 19.5 Å². The summed E-state index contributed by atoms with van der Waals surface area (Å²) in [6.45, 7) is 5.31. The maximum atomic E-state index is 12.2. The SMILES string of the molecule is CC(C)(C)OC(=O)Nc1ccc2nc(-c3cccnc3N)n(-c3ccc(CO)cc3)c2n1. The van der Waals surface area contributed by atoms with Crippen LogP contribution in [-0.2, 0) is 11.3 Å². The molecule has 32 heavy (non-hydrogen) atoms. The van der Waals surface area contributed by atoms with E-state index in [0.717, 1.165) is 11.3 Å². The Balaban J connectivity index is 1.86. The summed E-state index contributed by atoms with van der Waals surface area (Å²) in [4.78, 5) is 25.7. The second-order valence-corrected chi connectivity index (χ2v) is 8.20. The molecule has 0 aliphatic carbocycles. The number of hydrogen-bond donors (Lipinski definition) is 3. The smallest absolute Gasteiger partial charge is 0.413 e. The molecule has 1 aromatic carbocycles. The number of nitrogens with one attached hydrogen (secondary N) is 1. The van der Waals surface area contributed by atoms with Crippen LogP contribution in [0.15, 0.2) is 54.7 Å². The zero-order valence-electron chi connectivity index (χ0n) is 18.0. The van der Waals surface area contributed by atoms with E-state index in [0.29, 0.717) is 34.2 Å². The average Bonchev–Trinajstić information content (AvgIpc) is 3.11. The molecule has 0 bridgehead atoms. The molecule has 9 heteroatoms. The Hall–Kier alpha value is -3.98. The highest BCUT2D eigenvalue weighted by atomic mass is 16.6. The van der Waals surface area contributed by atoms with E-state index in [-0.39, 0.29) is 6.61 Å². The third kappa shape index (κ3) is 4.37. The second kappa shape index (κ2) is 8.27. The van der Waals surface area contributed by atoms with Crippen molar-refractivity contribution >= 4 is 28.9 Å². The number of nitrogens with two attached hydrogens (primary N) is 1. The maximum Gasteiger partial charge on any atom is 0.413 e. The average molecular weight is 432 g/mol. The third-order valence-electron chi connectivity index (χ3n) is 4.59.